The summed E-state index contributed by atoms with van der Waals surface area (Å²) >= 11 is 5.84. The van der Waals surface area contributed by atoms with Crippen molar-refractivity contribution in [3.05, 3.63) is 5.28 Å². The molecule has 1 rings (SSSR count). The predicted molar refractivity (Wildman–Crippen MR) is 77.7 cm³/mol. The van der Waals surface area contributed by atoms with Gasteiger partial charge >= 0.3 is 0 Å². The Morgan fingerprint density at radius 2 is 1.95 bits per heavy atom. The molecular weight excluding hydrogens is 266 g/mol. The average molecular weight is 288 g/mol. The zero-order valence-electron chi connectivity index (χ0n) is 12.1. The number of nitrogens with one attached hydrogen (secondary N) is 1. The molecule has 0 aromatic carbocycles. The lowest BCUT2D eigenvalue weighted by molar-refractivity contribution is 0.0514. The van der Waals surface area contributed by atoms with Crippen molar-refractivity contribution in [2.75, 3.05) is 30.9 Å². The van der Waals surface area contributed by atoms with Crippen molar-refractivity contribution in [3.63, 3.8) is 0 Å². The number of anilines is 2. The van der Waals surface area contributed by atoms with Gasteiger partial charge in [-0.15, -0.1) is 0 Å². The van der Waals surface area contributed by atoms with Gasteiger partial charge in [-0.3, -0.25) is 0 Å². The second-order valence-corrected chi connectivity index (χ2v) is 5.91. The third-order valence-corrected chi connectivity index (χ3v) is 2.64. The highest BCUT2D eigenvalue weighted by atomic mass is 35.5. The zero-order valence-corrected chi connectivity index (χ0v) is 12.9. The van der Waals surface area contributed by atoms with Crippen LogP contribution in [0.3, 0.4) is 0 Å². The summed E-state index contributed by atoms with van der Waals surface area (Å²) in [5, 5.41) is 13.3. The third-order valence-electron chi connectivity index (χ3n) is 2.47. The molecule has 1 unspecified atom stereocenters. The summed E-state index contributed by atoms with van der Waals surface area (Å²) in [7, 11) is 3.65. The summed E-state index contributed by atoms with van der Waals surface area (Å²) in [6.07, 6.45) is 0.694. The highest BCUT2D eigenvalue weighted by Crippen LogP contribution is 2.17. The van der Waals surface area contributed by atoms with E-state index in [-0.39, 0.29) is 5.28 Å². The first-order chi connectivity index (χ1) is 8.69. The highest BCUT2D eigenvalue weighted by Gasteiger charge is 2.22. The number of hydrogen-bond donors (Lipinski definition) is 2. The van der Waals surface area contributed by atoms with Crippen LogP contribution in [0.25, 0.3) is 0 Å². The second kappa shape index (κ2) is 6.34. The number of aromatic nitrogens is 3. The second-order valence-electron chi connectivity index (χ2n) is 5.57. The van der Waals surface area contributed by atoms with E-state index in [1.165, 1.54) is 0 Å². The molecule has 0 aliphatic heterocycles. The molecule has 6 nitrogen and oxygen atoms in total. The molecule has 1 aromatic heterocycles. The first-order valence-electron chi connectivity index (χ1n) is 6.25. The molecule has 0 radical (unpaired) electrons. The van der Waals surface area contributed by atoms with Crippen LogP contribution in [0.1, 0.15) is 27.2 Å². The van der Waals surface area contributed by atoms with Crippen molar-refractivity contribution < 1.29 is 5.11 Å². The van der Waals surface area contributed by atoms with Crippen LogP contribution in [0.15, 0.2) is 0 Å². The van der Waals surface area contributed by atoms with Gasteiger partial charge in [0.2, 0.25) is 17.2 Å². The molecule has 2 N–H and O–H groups in total. The summed E-state index contributed by atoms with van der Waals surface area (Å²) < 4.78 is 0. The van der Waals surface area contributed by atoms with E-state index in [4.69, 9.17) is 11.6 Å². The van der Waals surface area contributed by atoms with Crippen LogP contribution in [-0.4, -0.2) is 46.3 Å². The third kappa shape index (κ3) is 5.57. The number of aliphatic hydroxyl groups is 1. The maximum Gasteiger partial charge on any atom is 0.230 e. The smallest absolute Gasteiger partial charge is 0.230 e. The monoisotopic (exact) mass is 287 g/mol. The quantitative estimate of drug-likeness (QED) is 0.831. The first-order valence-corrected chi connectivity index (χ1v) is 6.62. The Kier molecular flexibility index (Phi) is 5.31. The standard InChI is InChI=1S/C12H22ClN5O/c1-8(2)6-12(3,19)7-14-10-15-9(13)16-11(17-10)18(4)5/h8,19H,6-7H2,1-5H3,(H,14,15,16,17). The Labute approximate surface area is 119 Å². The molecule has 0 spiro atoms. The molecule has 0 aliphatic carbocycles. The van der Waals surface area contributed by atoms with Crippen molar-refractivity contribution in [1.29, 1.82) is 0 Å². The van der Waals surface area contributed by atoms with Gasteiger partial charge in [0.1, 0.15) is 0 Å². The van der Waals surface area contributed by atoms with Gasteiger partial charge in [0.05, 0.1) is 5.60 Å². The Bertz CT molecular complexity index is 423. The topological polar surface area (TPSA) is 74.2 Å². The van der Waals surface area contributed by atoms with Gasteiger partial charge in [-0.25, -0.2) is 0 Å². The molecule has 0 saturated heterocycles. The summed E-state index contributed by atoms with van der Waals surface area (Å²) in [4.78, 5) is 13.9. The molecular formula is C12H22ClN5O. The molecule has 19 heavy (non-hydrogen) atoms. The van der Waals surface area contributed by atoms with Crippen LogP contribution < -0.4 is 10.2 Å². The minimum absolute atomic E-state index is 0.129. The van der Waals surface area contributed by atoms with Crippen molar-refractivity contribution in [1.82, 2.24) is 15.0 Å². The molecule has 0 aliphatic rings. The first kappa shape index (κ1) is 15.9. The van der Waals surface area contributed by atoms with E-state index in [0.717, 1.165) is 0 Å². The van der Waals surface area contributed by atoms with Crippen molar-refractivity contribution >= 4 is 23.5 Å². The van der Waals surface area contributed by atoms with E-state index in [9.17, 15) is 5.11 Å². The van der Waals surface area contributed by atoms with Gasteiger partial charge in [0.15, 0.2) is 0 Å². The Morgan fingerprint density at radius 1 is 1.32 bits per heavy atom. The largest absolute Gasteiger partial charge is 0.388 e. The maximum absolute atomic E-state index is 10.2. The molecule has 7 heteroatoms. The number of hydrogen-bond acceptors (Lipinski definition) is 6. The molecule has 0 fully saturated rings. The van der Waals surface area contributed by atoms with Gasteiger partial charge in [-0.05, 0) is 30.9 Å². The summed E-state index contributed by atoms with van der Waals surface area (Å²) in [5.41, 5.74) is -0.814. The number of rotatable bonds is 6. The number of nitrogens with zero attached hydrogens (tertiary/aromatic N) is 4. The maximum atomic E-state index is 10.2. The SMILES string of the molecule is CC(C)CC(C)(O)CNc1nc(Cl)nc(N(C)C)n1. The predicted octanol–water partition coefficient (Wildman–Crippen LogP) is 1.80. The minimum atomic E-state index is -0.814. The Balaban J connectivity index is 2.72. The fourth-order valence-electron chi connectivity index (χ4n) is 1.84. The van der Waals surface area contributed by atoms with Gasteiger partial charge in [0, 0.05) is 20.6 Å². The van der Waals surface area contributed by atoms with Gasteiger partial charge in [0.25, 0.3) is 0 Å². The fraction of sp³-hybridized carbons (Fsp3) is 0.750. The van der Waals surface area contributed by atoms with Crippen molar-refractivity contribution in [3.8, 4) is 0 Å². The number of halogens is 1. The minimum Gasteiger partial charge on any atom is -0.388 e. The average Bonchev–Trinajstić information content (AvgIpc) is 2.24. The van der Waals surface area contributed by atoms with Crippen LogP contribution in [0.5, 0.6) is 0 Å². The Hall–Kier alpha value is -1.14. The lowest BCUT2D eigenvalue weighted by Gasteiger charge is -2.25. The molecule has 1 aromatic rings. The molecule has 1 atom stereocenters. The van der Waals surface area contributed by atoms with Gasteiger partial charge in [-0.2, -0.15) is 15.0 Å². The van der Waals surface area contributed by atoms with E-state index in [1.807, 2.05) is 14.1 Å². The lowest BCUT2D eigenvalue weighted by Crippen LogP contribution is -2.35. The molecule has 0 saturated carbocycles. The fourth-order valence-corrected chi connectivity index (χ4v) is 2.00. The van der Waals surface area contributed by atoms with Crippen LogP contribution >= 0.6 is 11.6 Å². The lowest BCUT2D eigenvalue weighted by atomic mass is 9.94. The van der Waals surface area contributed by atoms with Gasteiger partial charge < -0.3 is 15.3 Å². The summed E-state index contributed by atoms with van der Waals surface area (Å²) in [6.45, 7) is 6.28. The van der Waals surface area contributed by atoms with E-state index < -0.39 is 5.60 Å². The van der Waals surface area contributed by atoms with E-state index >= 15 is 0 Å². The van der Waals surface area contributed by atoms with Crippen LogP contribution in [0.4, 0.5) is 11.9 Å². The van der Waals surface area contributed by atoms with E-state index in [1.54, 1.807) is 11.8 Å². The zero-order chi connectivity index (χ0) is 14.6. The highest BCUT2D eigenvalue weighted by molar-refractivity contribution is 6.28. The van der Waals surface area contributed by atoms with Crippen LogP contribution in [0.2, 0.25) is 5.28 Å². The van der Waals surface area contributed by atoms with Crippen LogP contribution in [0, 0.1) is 5.92 Å². The molecule has 1 heterocycles. The van der Waals surface area contributed by atoms with Crippen LogP contribution in [-0.2, 0) is 0 Å². The Morgan fingerprint density at radius 3 is 2.47 bits per heavy atom. The van der Waals surface area contributed by atoms with E-state index in [0.29, 0.717) is 30.8 Å². The summed E-state index contributed by atoms with van der Waals surface area (Å²) in [6, 6.07) is 0. The normalized spacial score (nSPS) is 14.3. The van der Waals surface area contributed by atoms with E-state index in [2.05, 4.69) is 34.1 Å². The summed E-state index contributed by atoms with van der Waals surface area (Å²) in [5.74, 6) is 1.26. The van der Waals surface area contributed by atoms with Gasteiger partial charge in [-0.1, -0.05) is 13.8 Å². The molecule has 108 valence electrons. The van der Waals surface area contributed by atoms with Crippen molar-refractivity contribution in [2.45, 2.75) is 32.8 Å². The molecule has 0 amide bonds. The molecule has 0 bridgehead atoms. The van der Waals surface area contributed by atoms with Crippen molar-refractivity contribution in [2.24, 2.45) is 5.92 Å².